The summed E-state index contributed by atoms with van der Waals surface area (Å²) in [7, 11) is 0. The third-order valence-electron chi connectivity index (χ3n) is 5.58. The highest BCUT2D eigenvalue weighted by Crippen LogP contribution is 2.41. The number of aromatic amines is 1. The molecule has 1 N–H and O–H groups in total. The number of tetrazole rings is 1. The lowest BCUT2D eigenvalue weighted by atomic mass is 10.0. The maximum Gasteiger partial charge on any atom is 0.256 e. The molecule has 0 fully saturated rings. The highest BCUT2D eigenvalue weighted by atomic mass is 79.9. The first-order chi connectivity index (χ1) is 16.1. The minimum Gasteiger partial charge on any atom is -0.455 e. The Balaban J connectivity index is 1.58. The van der Waals surface area contributed by atoms with Crippen molar-refractivity contribution in [3.63, 3.8) is 0 Å². The van der Waals surface area contributed by atoms with E-state index in [2.05, 4.69) is 54.5 Å². The number of hydrogen-bond acceptors (Lipinski definition) is 6. The quantitative estimate of drug-likeness (QED) is 0.352. The number of H-pyrrole nitrogens is 1. The molecule has 3 heterocycles. The molecule has 0 unspecified atom stereocenters. The predicted octanol–water partition coefficient (Wildman–Crippen LogP) is 4.91. The molecule has 0 bridgehead atoms. The van der Waals surface area contributed by atoms with Gasteiger partial charge in [0.1, 0.15) is 17.2 Å². The van der Waals surface area contributed by atoms with Crippen LogP contribution in [0.15, 0.2) is 62.3 Å². The van der Waals surface area contributed by atoms with Gasteiger partial charge in [-0.15, -0.1) is 5.10 Å². The molecule has 166 valence electrons. The minimum absolute atomic E-state index is 0.00455. The number of aromatic nitrogens is 6. The molecule has 5 aromatic rings. The number of nitrogens with one attached hydrogen (secondary N) is 1. The molecule has 3 aromatic heterocycles. The average Bonchev–Trinajstić information content (AvgIpc) is 3.47. The van der Waals surface area contributed by atoms with Gasteiger partial charge in [-0.1, -0.05) is 37.3 Å². The standard InChI is InChI=1S/C24H21BrN6O2/c1-3-6-20-26-12-14(2)24(32)31(20)13-15-9-10-19-18(11-15)21(25)22(33-19)16-7-4-5-8-17(16)23-27-29-30-28-23/h4-5,7-12H,3,6,13H2,1-2H3,(H,27,28,29,30). The van der Waals surface area contributed by atoms with Gasteiger partial charge in [-0.2, -0.15) is 0 Å². The molecule has 0 aliphatic heterocycles. The number of benzene rings is 2. The number of fused-ring (bicyclic) bond motifs is 1. The van der Waals surface area contributed by atoms with E-state index in [1.807, 2.05) is 36.4 Å². The molecule has 0 atom stereocenters. The van der Waals surface area contributed by atoms with Crippen LogP contribution in [0.1, 0.15) is 30.3 Å². The Hall–Kier alpha value is -3.59. The van der Waals surface area contributed by atoms with Crippen LogP contribution in [0.2, 0.25) is 0 Å². The molecule has 5 rings (SSSR count). The fourth-order valence-corrected chi connectivity index (χ4v) is 4.55. The number of nitrogens with zero attached hydrogens (tertiary/aromatic N) is 5. The van der Waals surface area contributed by atoms with Crippen LogP contribution >= 0.6 is 15.9 Å². The maximum absolute atomic E-state index is 12.8. The van der Waals surface area contributed by atoms with Gasteiger partial charge in [0.05, 0.1) is 11.0 Å². The molecular weight excluding hydrogens is 484 g/mol. The summed E-state index contributed by atoms with van der Waals surface area (Å²) >= 11 is 3.73. The van der Waals surface area contributed by atoms with Crippen molar-refractivity contribution in [3.8, 4) is 22.7 Å². The van der Waals surface area contributed by atoms with Crippen LogP contribution in [0.25, 0.3) is 33.7 Å². The molecule has 0 radical (unpaired) electrons. The van der Waals surface area contributed by atoms with Crippen LogP contribution in [0.4, 0.5) is 0 Å². The summed E-state index contributed by atoms with van der Waals surface area (Å²) in [5, 5.41) is 15.2. The molecule has 2 aromatic carbocycles. The van der Waals surface area contributed by atoms with E-state index in [9.17, 15) is 4.79 Å². The van der Waals surface area contributed by atoms with E-state index in [-0.39, 0.29) is 5.56 Å². The van der Waals surface area contributed by atoms with Gasteiger partial charge in [-0.25, -0.2) is 10.1 Å². The number of halogens is 1. The fraction of sp³-hybridized carbons (Fsp3) is 0.208. The Bertz CT molecular complexity index is 1500. The molecular formula is C24H21BrN6O2. The zero-order valence-corrected chi connectivity index (χ0v) is 19.8. The van der Waals surface area contributed by atoms with Crippen molar-refractivity contribution in [2.45, 2.75) is 33.2 Å². The van der Waals surface area contributed by atoms with Gasteiger partial charge in [0.15, 0.2) is 5.82 Å². The topological polar surface area (TPSA) is 102 Å². The normalized spacial score (nSPS) is 11.4. The SMILES string of the molecule is CCCc1ncc(C)c(=O)n1Cc1ccc2oc(-c3ccccc3-c3nnn[nH]3)c(Br)c2c1. The van der Waals surface area contributed by atoms with Crippen LogP contribution in [0, 0.1) is 6.92 Å². The Morgan fingerprint density at radius 2 is 1.97 bits per heavy atom. The Morgan fingerprint density at radius 1 is 1.15 bits per heavy atom. The molecule has 0 aliphatic carbocycles. The summed E-state index contributed by atoms with van der Waals surface area (Å²) in [4.78, 5) is 17.3. The summed E-state index contributed by atoms with van der Waals surface area (Å²) in [5.41, 5.74) is 4.08. The number of furan rings is 1. The highest BCUT2D eigenvalue weighted by Gasteiger charge is 2.19. The molecule has 8 nitrogen and oxygen atoms in total. The van der Waals surface area contributed by atoms with Crippen molar-refractivity contribution in [1.29, 1.82) is 0 Å². The lowest BCUT2D eigenvalue weighted by Crippen LogP contribution is -2.27. The number of aryl methyl sites for hydroxylation is 2. The van der Waals surface area contributed by atoms with Crippen LogP contribution in [0.3, 0.4) is 0 Å². The Labute approximate surface area is 197 Å². The maximum atomic E-state index is 12.8. The van der Waals surface area contributed by atoms with Gasteiger partial charge in [0.25, 0.3) is 5.56 Å². The monoisotopic (exact) mass is 504 g/mol. The van der Waals surface area contributed by atoms with E-state index in [1.54, 1.807) is 17.7 Å². The van der Waals surface area contributed by atoms with Gasteiger partial charge < -0.3 is 4.42 Å². The van der Waals surface area contributed by atoms with Crippen LogP contribution in [-0.2, 0) is 13.0 Å². The zero-order valence-electron chi connectivity index (χ0n) is 18.2. The first-order valence-electron chi connectivity index (χ1n) is 10.7. The van der Waals surface area contributed by atoms with Gasteiger partial charge >= 0.3 is 0 Å². The van der Waals surface area contributed by atoms with E-state index in [4.69, 9.17) is 4.42 Å². The summed E-state index contributed by atoms with van der Waals surface area (Å²) in [6.45, 7) is 4.33. The van der Waals surface area contributed by atoms with E-state index in [0.717, 1.165) is 50.8 Å². The Morgan fingerprint density at radius 3 is 2.73 bits per heavy atom. The predicted molar refractivity (Wildman–Crippen MR) is 129 cm³/mol. The van der Waals surface area contributed by atoms with Crippen molar-refractivity contribution < 1.29 is 4.42 Å². The summed E-state index contributed by atoms with van der Waals surface area (Å²) in [6, 6.07) is 13.8. The van der Waals surface area contributed by atoms with Gasteiger partial charge in [0.2, 0.25) is 0 Å². The fourth-order valence-electron chi connectivity index (χ4n) is 3.94. The first-order valence-corrected chi connectivity index (χ1v) is 11.5. The van der Waals surface area contributed by atoms with Crippen LogP contribution in [0.5, 0.6) is 0 Å². The average molecular weight is 505 g/mol. The number of rotatable bonds is 6. The lowest BCUT2D eigenvalue weighted by molar-refractivity contribution is 0.629. The third kappa shape index (κ3) is 3.89. The third-order valence-corrected chi connectivity index (χ3v) is 6.37. The molecule has 0 saturated carbocycles. The zero-order chi connectivity index (χ0) is 22.9. The van der Waals surface area contributed by atoms with Crippen LogP contribution < -0.4 is 5.56 Å². The second-order valence-corrected chi connectivity index (χ2v) is 8.66. The van der Waals surface area contributed by atoms with Gasteiger partial charge in [-0.05, 0) is 57.4 Å². The highest BCUT2D eigenvalue weighted by molar-refractivity contribution is 9.10. The van der Waals surface area contributed by atoms with Crippen LogP contribution in [-0.4, -0.2) is 30.2 Å². The smallest absolute Gasteiger partial charge is 0.256 e. The molecule has 0 spiro atoms. The van der Waals surface area contributed by atoms with Crippen molar-refractivity contribution in [1.82, 2.24) is 30.2 Å². The van der Waals surface area contributed by atoms with Gasteiger partial charge in [-0.3, -0.25) is 9.36 Å². The minimum atomic E-state index is -0.00455. The largest absolute Gasteiger partial charge is 0.455 e. The van der Waals surface area contributed by atoms with Crippen molar-refractivity contribution in [2.75, 3.05) is 0 Å². The van der Waals surface area contributed by atoms with E-state index < -0.39 is 0 Å². The summed E-state index contributed by atoms with van der Waals surface area (Å²) < 4.78 is 8.82. The second kappa shape index (κ2) is 8.74. The van der Waals surface area contributed by atoms with Crippen molar-refractivity contribution in [2.24, 2.45) is 0 Å². The lowest BCUT2D eigenvalue weighted by Gasteiger charge is -2.12. The molecule has 0 aliphatic rings. The molecule has 33 heavy (non-hydrogen) atoms. The Kier molecular flexibility index (Phi) is 5.63. The van der Waals surface area contributed by atoms with E-state index in [0.29, 0.717) is 23.7 Å². The summed E-state index contributed by atoms with van der Waals surface area (Å²) in [5.74, 6) is 2.05. The summed E-state index contributed by atoms with van der Waals surface area (Å²) in [6.07, 6.45) is 3.34. The molecule has 9 heteroatoms. The van der Waals surface area contributed by atoms with E-state index >= 15 is 0 Å². The van der Waals surface area contributed by atoms with Gasteiger partial charge in [0, 0.05) is 34.7 Å². The van der Waals surface area contributed by atoms with E-state index in [1.165, 1.54) is 0 Å². The second-order valence-electron chi connectivity index (χ2n) is 7.87. The van der Waals surface area contributed by atoms with Crippen molar-refractivity contribution in [3.05, 3.63) is 80.4 Å². The number of hydrogen-bond donors (Lipinski definition) is 1. The molecule has 0 amide bonds. The molecule has 0 saturated heterocycles. The first kappa shape index (κ1) is 21.3. The van der Waals surface area contributed by atoms with Crippen molar-refractivity contribution >= 4 is 26.9 Å².